The van der Waals surface area contributed by atoms with Crippen LogP contribution in [0.4, 0.5) is 0 Å². The molecule has 0 aliphatic rings. The molecule has 3 amide bonds. The Morgan fingerprint density at radius 3 is 1.32 bits per heavy atom. The Bertz CT molecular complexity index is 1280. The minimum Gasteiger partial charge on any atom is -0.508 e. The summed E-state index contributed by atoms with van der Waals surface area (Å²) in [6.45, 7) is 2.54. The number of carbonyl (C=O) groups excluding carboxylic acids is 3. The number of nitrogens with two attached hydrogens (primary N) is 1. The zero-order chi connectivity index (χ0) is 29.8. The first-order chi connectivity index (χ1) is 19.7. The molecule has 0 radical (unpaired) electrons. The van der Waals surface area contributed by atoms with E-state index in [-0.39, 0.29) is 30.1 Å². The van der Waals surface area contributed by atoms with E-state index in [2.05, 4.69) is 21.4 Å². The molecule has 3 aromatic carbocycles. The summed E-state index contributed by atoms with van der Waals surface area (Å²) in [5.41, 5.74) is 4.24. The molecule has 0 aromatic heterocycles. The average Bonchev–Trinajstić information content (AvgIpc) is 2.97. The zero-order valence-corrected chi connectivity index (χ0v) is 22.8. The van der Waals surface area contributed by atoms with Crippen LogP contribution < -0.4 is 27.2 Å². The van der Waals surface area contributed by atoms with Crippen molar-refractivity contribution in [2.75, 3.05) is 6.54 Å². The number of phenols is 3. The smallest absolute Gasteiger partial charge is 0.256 e. The van der Waals surface area contributed by atoms with Gasteiger partial charge in [-0.1, -0.05) is 43.3 Å². The summed E-state index contributed by atoms with van der Waals surface area (Å²) in [6.07, 6.45) is 1.28. The van der Waals surface area contributed by atoms with Gasteiger partial charge in [-0.25, -0.2) is 5.84 Å². The number of phenolic OH excluding ortho intramolecular Hbond substituents is 3. The fourth-order valence-electron chi connectivity index (χ4n) is 4.24. The van der Waals surface area contributed by atoms with Crippen molar-refractivity contribution in [3.63, 3.8) is 0 Å². The lowest BCUT2D eigenvalue weighted by Crippen LogP contribution is -2.58. The topological polar surface area (TPSA) is 186 Å². The van der Waals surface area contributed by atoms with Crippen LogP contribution in [0.25, 0.3) is 0 Å². The standard InChI is InChI=1S/C30H37N5O6/c1-2-15-32-25(16-19-3-9-22(36)10-4-19)28(39)33-26(17-20-5-11-23(37)12-6-20)29(40)34-27(30(41)35-31)18-21-7-13-24(38)14-8-21/h3-14,25-27,32,36-38H,2,15-18,31H2,1H3,(H,33,39)(H,34,40)(H,35,41)/t25-,26-,27-/m0/s1. The average molecular weight is 564 g/mol. The molecule has 3 rings (SSSR count). The van der Waals surface area contributed by atoms with E-state index in [0.717, 1.165) is 12.0 Å². The Hall–Kier alpha value is -4.61. The molecule has 11 heteroatoms. The van der Waals surface area contributed by atoms with E-state index in [1.54, 1.807) is 48.5 Å². The summed E-state index contributed by atoms with van der Waals surface area (Å²) in [4.78, 5) is 39.7. The van der Waals surface area contributed by atoms with E-state index in [1.807, 2.05) is 6.92 Å². The molecule has 0 saturated heterocycles. The van der Waals surface area contributed by atoms with E-state index >= 15 is 0 Å². The molecule has 9 N–H and O–H groups in total. The second-order valence-corrected chi connectivity index (χ2v) is 9.75. The van der Waals surface area contributed by atoms with Crippen molar-refractivity contribution in [2.45, 2.75) is 50.7 Å². The maximum Gasteiger partial charge on any atom is 0.256 e. The first-order valence-electron chi connectivity index (χ1n) is 13.4. The molecular formula is C30H37N5O6. The van der Waals surface area contributed by atoms with Crippen LogP contribution in [0.1, 0.15) is 30.0 Å². The van der Waals surface area contributed by atoms with Crippen LogP contribution >= 0.6 is 0 Å². The molecular weight excluding hydrogens is 526 g/mol. The highest BCUT2D eigenvalue weighted by Crippen LogP contribution is 2.15. The molecule has 0 heterocycles. The van der Waals surface area contributed by atoms with E-state index in [9.17, 15) is 29.7 Å². The fraction of sp³-hybridized carbons (Fsp3) is 0.300. The summed E-state index contributed by atoms with van der Waals surface area (Å²) in [7, 11) is 0. The van der Waals surface area contributed by atoms with E-state index in [4.69, 9.17) is 5.84 Å². The lowest BCUT2D eigenvalue weighted by molar-refractivity contribution is -0.132. The minimum atomic E-state index is -1.06. The van der Waals surface area contributed by atoms with Gasteiger partial charge in [0.2, 0.25) is 11.8 Å². The van der Waals surface area contributed by atoms with Gasteiger partial charge in [0.15, 0.2) is 0 Å². The van der Waals surface area contributed by atoms with Gasteiger partial charge in [0.1, 0.15) is 29.3 Å². The molecule has 0 aliphatic carbocycles. The molecule has 218 valence electrons. The number of hydrazine groups is 1. The maximum absolute atomic E-state index is 13.6. The predicted molar refractivity (Wildman–Crippen MR) is 154 cm³/mol. The molecule has 0 bridgehead atoms. The fourth-order valence-corrected chi connectivity index (χ4v) is 4.24. The Morgan fingerprint density at radius 2 is 0.951 bits per heavy atom. The van der Waals surface area contributed by atoms with Crippen molar-refractivity contribution >= 4 is 17.7 Å². The first kappa shape index (κ1) is 30.9. The molecule has 3 atom stereocenters. The first-order valence-corrected chi connectivity index (χ1v) is 13.4. The van der Waals surface area contributed by atoms with Crippen molar-refractivity contribution in [1.29, 1.82) is 0 Å². The highest BCUT2D eigenvalue weighted by Gasteiger charge is 2.29. The lowest BCUT2D eigenvalue weighted by Gasteiger charge is -2.25. The van der Waals surface area contributed by atoms with Crippen LogP contribution in [-0.4, -0.2) is 57.7 Å². The summed E-state index contributed by atoms with van der Waals surface area (Å²) >= 11 is 0. The van der Waals surface area contributed by atoms with Gasteiger partial charge in [-0.2, -0.15) is 0 Å². The number of aromatic hydroxyl groups is 3. The number of amides is 3. The summed E-state index contributed by atoms with van der Waals surface area (Å²) in [5.74, 6) is 3.98. The zero-order valence-electron chi connectivity index (χ0n) is 22.8. The molecule has 3 aromatic rings. The second kappa shape index (κ2) is 15.2. The van der Waals surface area contributed by atoms with Crippen LogP contribution in [0.3, 0.4) is 0 Å². The van der Waals surface area contributed by atoms with Gasteiger partial charge in [-0.05, 0) is 72.5 Å². The van der Waals surface area contributed by atoms with Crippen molar-refractivity contribution in [3.05, 3.63) is 89.5 Å². The van der Waals surface area contributed by atoms with Crippen LogP contribution in [0.2, 0.25) is 0 Å². The number of nitrogens with one attached hydrogen (secondary N) is 4. The Balaban J connectivity index is 1.83. The highest BCUT2D eigenvalue weighted by atomic mass is 16.3. The van der Waals surface area contributed by atoms with Crippen LogP contribution in [0, 0.1) is 0 Å². The third-order valence-corrected chi connectivity index (χ3v) is 6.49. The van der Waals surface area contributed by atoms with Gasteiger partial charge < -0.3 is 31.3 Å². The number of rotatable bonds is 14. The molecule has 41 heavy (non-hydrogen) atoms. The normalized spacial score (nSPS) is 13.0. The van der Waals surface area contributed by atoms with Crippen molar-refractivity contribution < 1.29 is 29.7 Å². The van der Waals surface area contributed by atoms with Crippen LogP contribution in [0.15, 0.2) is 72.8 Å². The minimum absolute atomic E-state index is 0.0603. The van der Waals surface area contributed by atoms with E-state index < -0.39 is 35.8 Å². The predicted octanol–water partition coefficient (Wildman–Crippen LogP) is 1.16. The third-order valence-electron chi connectivity index (χ3n) is 6.49. The van der Waals surface area contributed by atoms with Crippen molar-refractivity contribution in [1.82, 2.24) is 21.4 Å². The summed E-state index contributed by atoms with van der Waals surface area (Å²) < 4.78 is 0. The van der Waals surface area contributed by atoms with Crippen molar-refractivity contribution in [2.24, 2.45) is 5.84 Å². The number of hydrogen-bond donors (Lipinski definition) is 8. The van der Waals surface area contributed by atoms with Gasteiger partial charge in [0.05, 0.1) is 6.04 Å². The second-order valence-electron chi connectivity index (χ2n) is 9.75. The number of carbonyl (C=O) groups is 3. The van der Waals surface area contributed by atoms with Gasteiger partial charge in [0.25, 0.3) is 5.91 Å². The molecule has 11 nitrogen and oxygen atoms in total. The third kappa shape index (κ3) is 9.82. The van der Waals surface area contributed by atoms with E-state index in [0.29, 0.717) is 24.1 Å². The lowest BCUT2D eigenvalue weighted by atomic mass is 10.0. The maximum atomic E-state index is 13.6. The number of hydrogen-bond acceptors (Lipinski definition) is 8. The van der Waals surface area contributed by atoms with E-state index in [1.165, 1.54) is 24.3 Å². The highest BCUT2D eigenvalue weighted by molar-refractivity contribution is 5.93. The Morgan fingerprint density at radius 1 is 0.610 bits per heavy atom. The Labute approximate surface area is 238 Å². The number of benzene rings is 3. The Kier molecular flexibility index (Phi) is 11.5. The summed E-state index contributed by atoms with van der Waals surface area (Å²) in [5, 5.41) is 37.6. The largest absolute Gasteiger partial charge is 0.508 e. The van der Waals surface area contributed by atoms with Gasteiger partial charge in [0, 0.05) is 12.8 Å². The molecule has 0 fully saturated rings. The molecule has 0 unspecified atom stereocenters. The molecule has 0 spiro atoms. The van der Waals surface area contributed by atoms with Crippen molar-refractivity contribution in [3.8, 4) is 17.2 Å². The SMILES string of the molecule is CCCN[C@@H](Cc1ccc(O)cc1)C(=O)N[C@@H](Cc1ccc(O)cc1)C(=O)N[C@@H](Cc1ccc(O)cc1)C(=O)NN. The molecule has 0 saturated carbocycles. The van der Waals surface area contributed by atoms with Crippen LogP contribution in [-0.2, 0) is 33.6 Å². The summed E-state index contributed by atoms with van der Waals surface area (Å²) in [6, 6.07) is 16.2. The van der Waals surface area contributed by atoms with Gasteiger partial charge in [-0.15, -0.1) is 0 Å². The quantitative estimate of drug-likeness (QED) is 0.0815. The van der Waals surface area contributed by atoms with Gasteiger partial charge >= 0.3 is 0 Å². The monoisotopic (exact) mass is 563 g/mol. The van der Waals surface area contributed by atoms with Gasteiger partial charge in [-0.3, -0.25) is 19.8 Å². The molecule has 0 aliphatic heterocycles. The van der Waals surface area contributed by atoms with Crippen LogP contribution in [0.5, 0.6) is 17.2 Å².